The normalized spacial score (nSPS) is 11.9. The number of aliphatic hydroxyl groups is 1. The molecule has 0 aliphatic rings. The van der Waals surface area contributed by atoms with Crippen molar-refractivity contribution in [2.24, 2.45) is 0 Å². The fourth-order valence-electron chi connectivity index (χ4n) is 2.07. The Balaban J connectivity index is 1.95. The minimum Gasteiger partial charge on any atom is -0.497 e. The molecule has 4 nitrogen and oxygen atoms in total. The summed E-state index contributed by atoms with van der Waals surface area (Å²) < 4.78 is 10.2. The Morgan fingerprint density at radius 1 is 1.05 bits per heavy atom. The van der Waals surface area contributed by atoms with Crippen LogP contribution in [-0.4, -0.2) is 30.4 Å². The monoisotopic (exact) mass is 273 g/mol. The molecule has 1 aromatic carbocycles. The first-order chi connectivity index (χ1) is 9.71. The summed E-state index contributed by atoms with van der Waals surface area (Å²) in [5.41, 5.74) is 2.04. The van der Waals surface area contributed by atoms with Gasteiger partial charge in [0.05, 0.1) is 20.3 Å². The van der Waals surface area contributed by atoms with Gasteiger partial charge in [-0.1, -0.05) is 18.2 Å². The van der Waals surface area contributed by atoms with E-state index >= 15 is 0 Å². The average Bonchev–Trinajstić information content (AvgIpc) is 2.48. The van der Waals surface area contributed by atoms with E-state index in [2.05, 4.69) is 4.98 Å². The minimum absolute atomic E-state index is 0.447. The first-order valence-electron chi connectivity index (χ1n) is 6.51. The molecule has 0 aliphatic carbocycles. The van der Waals surface area contributed by atoms with Crippen molar-refractivity contribution in [3.05, 3.63) is 53.7 Å². The maximum Gasteiger partial charge on any atom is 0.212 e. The third-order valence-electron chi connectivity index (χ3n) is 3.08. The molecule has 1 heterocycles. The summed E-state index contributed by atoms with van der Waals surface area (Å²) in [5, 5.41) is 10.1. The quantitative estimate of drug-likeness (QED) is 0.877. The number of aliphatic hydroxyl groups excluding tert-OH is 1. The van der Waals surface area contributed by atoms with E-state index in [9.17, 15) is 5.11 Å². The Bertz CT molecular complexity index is 540. The SMILES string of the molecule is COc1cccc(CC(O)Cc2ccc(OC)nc2)c1. The largest absolute Gasteiger partial charge is 0.497 e. The number of rotatable bonds is 6. The van der Waals surface area contributed by atoms with E-state index in [4.69, 9.17) is 9.47 Å². The smallest absolute Gasteiger partial charge is 0.212 e. The molecule has 4 heteroatoms. The van der Waals surface area contributed by atoms with Crippen LogP contribution in [0.15, 0.2) is 42.6 Å². The Morgan fingerprint density at radius 3 is 2.50 bits per heavy atom. The van der Waals surface area contributed by atoms with E-state index < -0.39 is 6.10 Å². The maximum atomic E-state index is 10.1. The highest BCUT2D eigenvalue weighted by atomic mass is 16.5. The van der Waals surface area contributed by atoms with Crippen LogP contribution in [0.4, 0.5) is 0 Å². The number of benzene rings is 1. The van der Waals surface area contributed by atoms with Crippen molar-refractivity contribution in [2.75, 3.05) is 14.2 Å². The lowest BCUT2D eigenvalue weighted by molar-refractivity contribution is 0.175. The fraction of sp³-hybridized carbons (Fsp3) is 0.312. The lowest BCUT2D eigenvalue weighted by Crippen LogP contribution is -2.14. The second-order valence-electron chi connectivity index (χ2n) is 4.62. The van der Waals surface area contributed by atoms with Gasteiger partial charge < -0.3 is 14.6 Å². The lowest BCUT2D eigenvalue weighted by atomic mass is 10.0. The van der Waals surface area contributed by atoms with Gasteiger partial charge >= 0.3 is 0 Å². The van der Waals surface area contributed by atoms with Crippen molar-refractivity contribution in [2.45, 2.75) is 18.9 Å². The van der Waals surface area contributed by atoms with Gasteiger partial charge in [-0.15, -0.1) is 0 Å². The van der Waals surface area contributed by atoms with Crippen LogP contribution in [-0.2, 0) is 12.8 Å². The van der Waals surface area contributed by atoms with Gasteiger partial charge in [0, 0.05) is 18.7 Å². The topological polar surface area (TPSA) is 51.6 Å². The summed E-state index contributed by atoms with van der Waals surface area (Å²) in [6.07, 6.45) is 2.43. The van der Waals surface area contributed by atoms with Crippen molar-refractivity contribution in [3.8, 4) is 11.6 Å². The number of hydrogen-bond acceptors (Lipinski definition) is 4. The number of methoxy groups -OCH3 is 2. The highest BCUT2D eigenvalue weighted by Gasteiger charge is 2.08. The zero-order chi connectivity index (χ0) is 14.4. The molecule has 0 spiro atoms. The zero-order valence-corrected chi connectivity index (χ0v) is 11.7. The summed E-state index contributed by atoms with van der Waals surface area (Å²) in [6, 6.07) is 11.5. The molecule has 0 aliphatic heterocycles. The molecule has 1 unspecified atom stereocenters. The van der Waals surface area contributed by atoms with Crippen molar-refractivity contribution >= 4 is 0 Å². The standard InChI is InChI=1S/C16H19NO3/c1-19-15-5-3-4-12(10-15)8-14(18)9-13-6-7-16(20-2)17-11-13/h3-7,10-11,14,18H,8-9H2,1-2H3. The van der Waals surface area contributed by atoms with Gasteiger partial charge in [-0.25, -0.2) is 4.98 Å². The van der Waals surface area contributed by atoms with E-state index in [0.717, 1.165) is 16.9 Å². The molecule has 0 amide bonds. The number of hydrogen-bond donors (Lipinski definition) is 1. The van der Waals surface area contributed by atoms with Gasteiger partial charge in [0.25, 0.3) is 0 Å². The highest BCUT2D eigenvalue weighted by molar-refractivity contribution is 5.29. The molecule has 1 aromatic heterocycles. The van der Waals surface area contributed by atoms with E-state index in [1.54, 1.807) is 26.5 Å². The minimum atomic E-state index is -0.447. The molecule has 0 fully saturated rings. The molecule has 1 N–H and O–H groups in total. The van der Waals surface area contributed by atoms with Gasteiger partial charge in [0.1, 0.15) is 5.75 Å². The summed E-state index contributed by atoms with van der Waals surface area (Å²) in [6.45, 7) is 0. The predicted molar refractivity (Wildman–Crippen MR) is 77.2 cm³/mol. The first-order valence-corrected chi connectivity index (χ1v) is 6.51. The van der Waals surface area contributed by atoms with Crippen LogP contribution in [0.2, 0.25) is 0 Å². The van der Waals surface area contributed by atoms with E-state index in [0.29, 0.717) is 18.7 Å². The molecule has 2 aromatic rings. The first kappa shape index (κ1) is 14.3. The van der Waals surface area contributed by atoms with E-state index in [1.165, 1.54) is 0 Å². The molecule has 0 bridgehead atoms. The van der Waals surface area contributed by atoms with Crippen molar-refractivity contribution in [3.63, 3.8) is 0 Å². The molecule has 2 rings (SSSR count). The molecule has 0 saturated heterocycles. The van der Waals surface area contributed by atoms with Gasteiger partial charge in [0.15, 0.2) is 0 Å². The van der Waals surface area contributed by atoms with Crippen LogP contribution in [0, 0.1) is 0 Å². The Kier molecular flexibility index (Phi) is 4.96. The molecule has 106 valence electrons. The van der Waals surface area contributed by atoms with Crippen LogP contribution in [0.25, 0.3) is 0 Å². The fourth-order valence-corrected chi connectivity index (χ4v) is 2.07. The molecular formula is C16H19NO3. The van der Waals surface area contributed by atoms with E-state index in [1.807, 2.05) is 30.3 Å². The van der Waals surface area contributed by atoms with Gasteiger partial charge in [-0.2, -0.15) is 0 Å². The molecule has 1 atom stereocenters. The summed E-state index contributed by atoms with van der Waals surface area (Å²) in [4.78, 5) is 4.13. The van der Waals surface area contributed by atoms with Crippen LogP contribution >= 0.6 is 0 Å². The summed E-state index contributed by atoms with van der Waals surface area (Å²) in [5.74, 6) is 1.39. The van der Waals surface area contributed by atoms with Crippen molar-refractivity contribution in [1.82, 2.24) is 4.98 Å². The third kappa shape index (κ3) is 3.96. The zero-order valence-electron chi connectivity index (χ0n) is 11.7. The van der Waals surface area contributed by atoms with Crippen LogP contribution in [0.3, 0.4) is 0 Å². The number of nitrogens with zero attached hydrogens (tertiary/aromatic N) is 1. The number of pyridine rings is 1. The van der Waals surface area contributed by atoms with Crippen LogP contribution in [0.5, 0.6) is 11.6 Å². The van der Waals surface area contributed by atoms with E-state index in [-0.39, 0.29) is 0 Å². The Hall–Kier alpha value is -2.07. The molecule has 0 radical (unpaired) electrons. The number of ether oxygens (including phenoxy) is 2. The Labute approximate surface area is 119 Å². The van der Waals surface area contributed by atoms with Gasteiger partial charge in [-0.05, 0) is 29.7 Å². The predicted octanol–water partition coefficient (Wildman–Crippen LogP) is 2.24. The second-order valence-corrected chi connectivity index (χ2v) is 4.62. The lowest BCUT2D eigenvalue weighted by Gasteiger charge is -2.11. The van der Waals surface area contributed by atoms with Crippen molar-refractivity contribution < 1.29 is 14.6 Å². The van der Waals surface area contributed by atoms with Gasteiger partial charge in [0.2, 0.25) is 5.88 Å². The molecule has 0 saturated carbocycles. The number of aromatic nitrogens is 1. The average molecular weight is 273 g/mol. The van der Waals surface area contributed by atoms with Crippen molar-refractivity contribution in [1.29, 1.82) is 0 Å². The summed E-state index contributed by atoms with van der Waals surface area (Å²) >= 11 is 0. The van der Waals surface area contributed by atoms with Gasteiger partial charge in [-0.3, -0.25) is 0 Å². The Morgan fingerprint density at radius 2 is 1.85 bits per heavy atom. The highest BCUT2D eigenvalue weighted by Crippen LogP contribution is 2.16. The summed E-state index contributed by atoms with van der Waals surface area (Å²) in [7, 11) is 3.22. The van der Waals surface area contributed by atoms with Crippen LogP contribution in [0.1, 0.15) is 11.1 Å². The van der Waals surface area contributed by atoms with Crippen LogP contribution < -0.4 is 9.47 Å². The molecular weight excluding hydrogens is 254 g/mol. The maximum absolute atomic E-state index is 10.1. The second kappa shape index (κ2) is 6.91. The molecule has 20 heavy (non-hydrogen) atoms. The third-order valence-corrected chi connectivity index (χ3v) is 3.08.